The van der Waals surface area contributed by atoms with Crippen molar-refractivity contribution < 1.29 is 14.5 Å². The summed E-state index contributed by atoms with van der Waals surface area (Å²) in [5, 5.41) is 14.3. The molecule has 1 fully saturated rings. The van der Waals surface area contributed by atoms with E-state index in [1.807, 2.05) is 40.0 Å². The zero-order chi connectivity index (χ0) is 21.2. The second-order valence-corrected chi connectivity index (χ2v) is 8.40. The molecular weight excluding hydrogens is 374 g/mol. The summed E-state index contributed by atoms with van der Waals surface area (Å²) >= 11 is 0. The number of benzene rings is 1. The number of nitro benzene ring substituents is 1. The highest BCUT2D eigenvalue weighted by Crippen LogP contribution is 2.23. The van der Waals surface area contributed by atoms with Gasteiger partial charge in [0.05, 0.1) is 22.6 Å². The molecule has 1 N–H and O–H groups in total. The third-order valence-electron chi connectivity index (χ3n) is 4.58. The first-order valence-corrected chi connectivity index (χ1v) is 9.60. The summed E-state index contributed by atoms with van der Waals surface area (Å²) < 4.78 is 7.09. The number of alkyl carbamates (subject to hydrolysis) is 1. The summed E-state index contributed by atoms with van der Waals surface area (Å²) in [4.78, 5) is 29.3. The van der Waals surface area contributed by atoms with Gasteiger partial charge in [-0.05, 0) is 45.7 Å². The molecule has 2 aromatic rings. The lowest BCUT2D eigenvalue weighted by atomic mass is 10.1. The van der Waals surface area contributed by atoms with Crippen molar-refractivity contribution in [2.75, 3.05) is 13.1 Å². The fraction of sp³-hybridized carbons (Fsp3) is 0.500. The van der Waals surface area contributed by atoms with Gasteiger partial charge >= 0.3 is 6.09 Å². The molecule has 9 nitrogen and oxygen atoms in total. The fourth-order valence-electron chi connectivity index (χ4n) is 3.39. The number of imidazole rings is 1. The Bertz CT molecular complexity index is 903. The van der Waals surface area contributed by atoms with Crippen LogP contribution < -0.4 is 5.32 Å². The van der Waals surface area contributed by atoms with Crippen LogP contribution in [-0.2, 0) is 11.3 Å². The molecule has 2 heterocycles. The van der Waals surface area contributed by atoms with Crippen LogP contribution in [-0.4, -0.2) is 50.2 Å². The highest BCUT2D eigenvalue weighted by Gasteiger charge is 2.26. The highest BCUT2D eigenvalue weighted by molar-refractivity contribution is 5.68. The van der Waals surface area contributed by atoms with Gasteiger partial charge in [-0.15, -0.1) is 0 Å². The minimum Gasteiger partial charge on any atom is -0.444 e. The quantitative estimate of drug-likeness (QED) is 0.610. The number of hydrogen-bond donors (Lipinski definition) is 1. The van der Waals surface area contributed by atoms with Crippen LogP contribution in [0.15, 0.2) is 30.7 Å². The number of nitrogens with one attached hydrogen (secondary N) is 1. The molecule has 0 unspecified atom stereocenters. The smallest absolute Gasteiger partial charge is 0.407 e. The first-order chi connectivity index (χ1) is 13.6. The number of rotatable bonds is 5. The average molecular weight is 401 g/mol. The van der Waals surface area contributed by atoms with E-state index in [0.717, 1.165) is 24.2 Å². The molecule has 1 aliphatic heterocycles. The van der Waals surface area contributed by atoms with Crippen molar-refractivity contribution in [3.63, 3.8) is 0 Å². The number of nitro groups is 1. The zero-order valence-electron chi connectivity index (χ0n) is 17.2. The van der Waals surface area contributed by atoms with Gasteiger partial charge in [-0.3, -0.25) is 15.0 Å². The molecule has 1 aromatic carbocycles. The SMILES string of the molecule is Cc1cn(-c2cc(CN3CC[C@H](NC(=O)OC(C)(C)C)C3)cc([N+](=O)[O-])c2)cn1. The second-order valence-electron chi connectivity index (χ2n) is 8.40. The van der Waals surface area contributed by atoms with Crippen molar-refractivity contribution in [3.05, 3.63) is 52.1 Å². The number of hydrogen-bond acceptors (Lipinski definition) is 6. The number of carbonyl (C=O) groups is 1. The van der Waals surface area contributed by atoms with Crippen molar-refractivity contribution in [1.29, 1.82) is 0 Å². The van der Waals surface area contributed by atoms with E-state index < -0.39 is 11.7 Å². The van der Waals surface area contributed by atoms with Crippen molar-refractivity contribution in [1.82, 2.24) is 19.8 Å². The first kappa shape index (κ1) is 20.8. The Balaban J connectivity index is 1.68. The standard InChI is InChI=1S/C20H27N5O4/c1-14-10-24(13-21-14)17-7-15(8-18(9-17)25(27)28)11-23-6-5-16(12-23)22-19(26)29-20(2,3)4/h7-10,13,16H,5-6,11-12H2,1-4H3,(H,22,26)/t16-/m0/s1. The number of non-ortho nitro benzene ring substituents is 1. The minimum absolute atomic E-state index is 0.000633. The van der Waals surface area contributed by atoms with E-state index in [4.69, 9.17) is 4.74 Å². The maximum absolute atomic E-state index is 12.0. The van der Waals surface area contributed by atoms with Crippen LogP contribution in [0.4, 0.5) is 10.5 Å². The molecule has 9 heteroatoms. The molecule has 156 valence electrons. The fourth-order valence-corrected chi connectivity index (χ4v) is 3.39. The van der Waals surface area contributed by atoms with Crippen LogP contribution in [0.2, 0.25) is 0 Å². The molecule has 1 aliphatic rings. The summed E-state index contributed by atoms with van der Waals surface area (Å²) in [6.45, 7) is 9.38. The lowest BCUT2D eigenvalue weighted by Gasteiger charge is -2.22. The van der Waals surface area contributed by atoms with Crippen LogP contribution >= 0.6 is 0 Å². The third kappa shape index (κ3) is 5.77. The van der Waals surface area contributed by atoms with E-state index in [1.165, 1.54) is 0 Å². The lowest BCUT2D eigenvalue weighted by Crippen LogP contribution is -2.40. The van der Waals surface area contributed by atoms with Gasteiger partial charge in [0.1, 0.15) is 5.60 Å². The molecule has 0 spiro atoms. The molecule has 29 heavy (non-hydrogen) atoms. The number of carbonyl (C=O) groups excluding carboxylic acids is 1. The largest absolute Gasteiger partial charge is 0.444 e. The van der Waals surface area contributed by atoms with Crippen molar-refractivity contribution in [2.24, 2.45) is 0 Å². The van der Waals surface area contributed by atoms with Crippen LogP contribution in [0.5, 0.6) is 0 Å². The minimum atomic E-state index is -0.534. The first-order valence-electron chi connectivity index (χ1n) is 9.60. The van der Waals surface area contributed by atoms with Gasteiger partial charge in [0.25, 0.3) is 5.69 Å². The molecule has 1 aromatic heterocycles. The molecule has 0 bridgehead atoms. The molecule has 1 amide bonds. The maximum atomic E-state index is 12.0. The van der Waals surface area contributed by atoms with Gasteiger partial charge < -0.3 is 14.6 Å². The summed E-state index contributed by atoms with van der Waals surface area (Å²) in [5.41, 5.74) is 1.91. The van der Waals surface area contributed by atoms with Crippen LogP contribution in [0, 0.1) is 17.0 Å². The Labute approximate surface area is 169 Å². The number of amides is 1. The summed E-state index contributed by atoms with van der Waals surface area (Å²) in [5.74, 6) is 0. The molecule has 0 saturated carbocycles. The van der Waals surface area contributed by atoms with Gasteiger partial charge in [-0.2, -0.15) is 0 Å². The van der Waals surface area contributed by atoms with E-state index in [-0.39, 0.29) is 16.7 Å². The maximum Gasteiger partial charge on any atom is 0.407 e. The monoisotopic (exact) mass is 401 g/mol. The van der Waals surface area contributed by atoms with Gasteiger partial charge in [-0.25, -0.2) is 9.78 Å². The van der Waals surface area contributed by atoms with E-state index in [1.54, 1.807) is 23.0 Å². The number of ether oxygens (including phenoxy) is 1. The van der Waals surface area contributed by atoms with Crippen LogP contribution in [0.1, 0.15) is 38.4 Å². The number of nitrogens with zero attached hydrogens (tertiary/aromatic N) is 4. The lowest BCUT2D eigenvalue weighted by molar-refractivity contribution is -0.384. The third-order valence-corrected chi connectivity index (χ3v) is 4.58. The Morgan fingerprint density at radius 2 is 2.14 bits per heavy atom. The Morgan fingerprint density at radius 1 is 1.38 bits per heavy atom. The summed E-state index contributed by atoms with van der Waals surface area (Å²) in [7, 11) is 0. The second kappa shape index (κ2) is 8.20. The van der Waals surface area contributed by atoms with Crippen LogP contribution in [0.3, 0.4) is 0 Å². The van der Waals surface area contributed by atoms with Gasteiger partial charge in [0.15, 0.2) is 0 Å². The van der Waals surface area contributed by atoms with E-state index in [0.29, 0.717) is 18.8 Å². The molecule has 0 radical (unpaired) electrons. The summed E-state index contributed by atoms with van der Waals surface area (Å²) in [6, 6.07) is 5.07. The summed E-state index contributed by atoms with van der Waals surface area (Å²) in [6.07, 6.45) is 3.87. The van der Waals surface area contributed by atoms with Gasteiger partial charge in [-0.1, -0.05) is 0 Å². The average Bonchev–Trinajstić information content (AvgIpc) is 3.21. The van der Waals surface area contributed by atoms with E-state index in [9.17, 15) is 14.9 Å². The predicted molar refractivity (Wildman–Crippen MR) is 108 cm³/mol. The molecule has 0 aliphatic carbocycles. The van der Waals surface area contributed by atoms with Crippen molar-refractivity contribution >= 4 is 11.8 Å². The van der Waals surface area contributed by atoms with Gasteiger partial charge in [0, 0.05) is 44.0 Å². The topological polar surface area (TPSA) is 103 Å². The molecule has 1 saturated heterocycles. The number of aryl methyl sites for hydroxylation is 1. The predicted octanol–water partition coefficient (Wildman–Crippen LogP) is 3.19. The van der Waals surface area contributed by atoms with E-state index >= 15 is 0 Å². The normalized spacial score (nSPS) is 17.3. The highest BCUT2D eigenvalue weighted by atomic mass is 16.6. The van der Waals surface area contributed by atoms with E-state index in [2.05, 4.69) is 15.2 Å². The molecule has 3 rings (SSSR count). The molecule has 1 atom stereocenters. The number of likely N-dealkylation sites (tertiary alicyclic amines) is 1. The number of aromatic nitrogens is 2. The van der Waals surface area contributed by atoms with Crippen molar-refractivity contribution in [3.8, 4) is 5.69 Å². The Morgan fingerprint density at radius 3 is 2.76 bits per heavy atom. The molecular formula is C20H27N5O4. The Hall–Kier alpha value is -2.94. The van der Waals surface area contributed by atoms with Crippen LogP contribution in [0.25, 0.3) is 5.69 Å². The van der Waals surface area contributed by atoms with Gasteiger partial charge in [0.2, 0.25) is 0 Å². The zero-order valence-corrected chi connectivity index (χ0v) is 17.2. The Kier molecular flexibility index (Phi) is 5.88. The van der Waals surface area contributed by atoms with Crippen molar-refractivity contribution in [2.45, 2.75) is 52.3 Å².